The van der Waals surface area contributed by atoms with Gasteiger partial charge in [0.1, 0.15) is 0 Å². The van der Waals surface area contributed by atoms with Crippen LogP contribution in [0.2, 0.25) is 0 Å². The Labute approximate surface area is 157 Å². The second kappa shape index (κ2) is 9.47. The van der Waals surface area contributed by atoms with Gasteiger partial charge in [-0.25, -0.2) is 18.0 Å². The lowest BCUT2D eigenvalue weighted by atomic mass is 10.2. The first-order chi connectivity index (χ1) is 12.9. The first-order valence-electron chi connectivity index (χ1n) is 8.59. The van der Waals surface area contributed by atoms with Crippen molar-refractivity contribution in [1.82, 2.24) is 9.62 Å². The molecule has 1 heterocycles. The molecule has 1 aromatic rings. The second-order valence-electron chi connectivity index (χ2n) is 5.81. The summed E-state index contributed by atoms with van der Waals surface area (Å²) < 4.78 is 36.4. The molecule has 148 valence electrons. The SMILES string of the molecule is CCOC(=O)NC(=O)COC(=O)c1ccccc1S(=O)(=O)N1CCCCC1. The molecular formula is C17H22N2O7S. The smallest absolute Gasteiger partial charge is 0.413 e. The number of imide groups is 1. The third-order valence-electron chi connectivity index (χ3n) is 3.89. The van der Waals surface area contributed by atoms with Gasteiger partial charge in [0.15, 0.2) is 6.61 Å². The van der Waals surface area contributed by atoms with E-state index >= 15 is 0 Å². The fraction of sp³-hybridized carbons (Fsp3) is 0.471. The lowest BCUT2D eigenvalue weighted by Crippen LogP contribution is -2.37. The molecule has 0 bridgehead atoms. The van der Waals surface area contributed by atoms with Crippen molar-refractivity contribution in [1.29, 1.82) is 0 Å². The maximum Gasteiger partial charge on any atom is 0.413 e. The van der Waals surface area contributed by atoms with Crippen molar-refractivity contribution in [2.45, 2.75) is 31.1 Å². The first-order valence-corrected chi connectivity index (χ1v) is 10.0. The highest BCUT2D eigenvalue weighted by Crippen LogP contribution is 2.24. The summed E-state index contributed by atoms with van der Waals surface area (Å²) in [7, 11) is -3.84. The number of hydrogen-bond acceptors (Lipinski definition) is 7. The Balaban J connectivity index is 2.09. The van der Waals surface area contributed by atoms with E-state index in [1.165, 1.54) is 28.6 Å². The number of carbonyl (C=O) groups excluding carboxylic acids is 3. The third-order valence-corrected chi connectivity index (χ3v) is 5.85. The van der Waals surface area contributed by atoms with Crippen molar-refractivity contribution in [3.8, 4) is 0 Å². The molecule has 1 aliphatic rings. The van der Waals surface area contributed by atoms with Crippen LogP contribution >= 0.6 is 0 Å². The van der Waals surface area contributed by atoms with Crippen molar-refractivity contribution in [2.24, 2.45) is 0 Å². The van der Waals surface area contributed by atoms with Crippen LogP contribution in [-0.2, 0) is 24.3 Å². The molecule has 1 aromatic carbocycles. The molecule has 2 amide bonds. The van der Waals surface area contributed by atoms with Crippen molar-refractivity contribution >= 4 is 28.0 Å². The number of sulfonamides is 1. The van der Waals surface area contributed by atoms with Crippen molar-refractivity contribution < 1.29 is 32.3 Å². The fourth-order valence-corrected chi connectivity index (χ4v) is 4.33. The molecule has 0 saturated carbocycles. The van der Waals surface area contributed by atoms with E-state index in [1.54, 1.807) is 6.92 Å². The molecule has 1 saturated heterocycles. The zero-order chi connectivity index (χ0) is 19.9. The number of nitrogens with one attached hydrogen (secondary N) is 1. The maximum absolute atomic E-state index is 12.8. The van der Waals surface area contributed by atoms with Gasteiger partial charge < -0.3 is 9.47 Å². The number of rotatable bonds is 6. The van der Waals surface area contributed by atoms with Gasteiger partial charge in [0.05, 0.1) is 17.1 Å². The second-order valence-corrected chi connectivity index (χ2v) is 7.71. The van der Waals surface area contributed by atoms with Crippen LogP contribution in [0.5, 0.6) is 0 Å². The number of alkyl carbamates (subject to hydrolysis) is 1. The van der Waals surface area contributed by atoms with Gasteiger partial charge >= 0.3 is 12.1 Å². The summed E-state index contributed by atoms with van der Waals surface area (Å²) >= 11 is 0. The normalized spacial score (nSPS) is 15.0. The van der Waals surface area contributed by atoms with E-state index in [0.717, 1.165) is 19.3 Å². The zero-order valence-electron chi connectivity index (χ0n) is 15.0. The van der Waals surface area contributed by atoms with Gasteiger partial charge in [0.2, 0.25) is 10.0 Å². The number of ether oxygens (including phenoxy) is 2. The number of piperidine rings is 1. The summed E-state index contributed by atoms with van der Waals surface area (Å²) in [6, 6.07) is 5.67. The molecule has 0 spiro atoms. The molecule has 2 rings (SSSR count). The minimum atomic E-state index is -3.84. The summed E-state index contributed by atoms with van der Waals surface area (Å²) in [4.78, 5) is 34.9. The Morgan fingerprint density at radius 1 is 1.07 bits per heavy atom. The van der Waals surface area contributed by atoms with Crippen molar-refractivity contribution in [2.75, 3.05) is 26.3 Å². The average Bonchev–Trinajstić information content (AvgIpc) is 2.67. The molecule has 10 heteroatoms. The Morgan fingerprint density at radius 2 is 1.74 bits per heavy atom. The van der Waals surface area contributed by atoms with Gasteiger partial charge in [-0.15, -0.1) is 0 Å². The summed E-state index contributed by atoms with van der Waals surface area (Å²) in [6.07, 6.45) is 1.54. The van der Waals surface area contributed by atoms with E-state index in [-0.39, 0.29) is 17.1 Å². The molecule has 0 unspecified atom stereocenters. The van der Waals surface area contributed by atoms with E-state index < -0.39 is 34.6 Å². The molecule has 0 radical (unpaired) electrons. The van der Waals surface area contributed by atoms with Crippen LogP contribution in [0.1, 0.15) is 36.5 Å². The van der Waals surface area contributed by atoms with Crippen LogP contribution in [0.4, 0.5) is 4.79 Å². The molecule has 9 nitrogen and oxygen atoms in total. The summed E-state index contributed by atoms with van der Waals surface area (Å²) in [5.74, 6) is -1.84. The molecular weight excluding hydrogens is 376 g/mol. The standard InChI is InChI=1S/C17H22N2O7S/c1-2-25-17(22)18-15(20)12-26-16(21)13-8-4-5-9-14(13)27(23,24)19-10-6-3-7-11-19/h4-5,8-9H,2-3,6-7,10-12H2,1H3,(H,18,20,22). The van der Waals surface area contributed by atoms with E-state index in [9.17, 15) is 22.8 Å². The summed E-state index contributed by atoms with van der Waals surface area (Å²) in [5, 5.41) is 1.88. The summed E-state index contributed by atoms with van der Waals surface area (Å²) in [6.45, 7) is 1.71. The van der Waals surface area contributed by atoms with Crippen LogP contribution in [0.3, 0.4) is 0 Å². The molecule has 0 aromatic heterocycles. The minimum Gasteiger partial charge on any atom is -0.452 e. The van der Waals surface area contributed by atoms with E-state index in [1.807, 2.05) is 5.32 Å². The van der Waals surface area contributed by atoms with Gasteiger partial charge in [-0.3, -0.25) is 10.1 Å². The van der Waals surface area contributed by atoms with E-state index in [2.05, 4.69) is 4.74 Å². The number of benzene rings is 1. The van der Waals surface area contributed by atoms with Crippen LogP contribution in [-0.4, -0.2) is 57.0 Å². The van der Waals surface area contributed by atoms with Crippen molar-refractivity contribution in [3.63, 3.8) is 0 Å². The number of amides is 2. The Bertz CT molecular complexity index is 801. The van der Waals surface area contributed by atoms with Gasteiger partial charge in [0, 0.05) is 13.1 Å². The maximum atomic E-state index is 12.8. The topological polar surface area (TPSA) is 119 Å². The third kappa shape index (κ3) is 5.51. The predicted molar refractivity (Wildman–Crippen MR) is 94.5 cm³/mol. The lowest BCUT2D eigenvalue weighted by Gasteiger charge is -2.26. The molecule has 27 heavy (non-hydrogen) atoms. The summed E-state index contributed by atoms with van der Waals surface area (Å²) in [5.41, 5.74) is -0.160. The average molecular weight is 398 g/mol. The minimum absolute atomic E-state index is 0.0840. The molecule has 1 N–H and O–H groups in total. The van der Waals surface area contributed by atoms with Gasteiger partial charge in [-0.2, -0.15) is 4.31 Å². The number of carbonyl (C=O) groups is 3. The highest BCUT2D eigenvalue weighted by Gasteiger charge is 2.30. The number of hydrogen-bond donors (Lipinski definition) is 1. The lowest BCUT2D eigenvalue weighted by molar-refractivity contribution is -0.123. The van der Waals surface area contributed by atoms with Crippen LogP contribution in [0.15, 0.2) is 29.2 Å². The predicted octanol–water partition coefficient (Wildman–Crippen LogP) is 1.29. The molecule has 1 aliphatic heterocycles. The van der Waals surface area contributed by atoms with Crippen LogP contribution in [0, 0.1) is 0 Å². The highest BCUT2D eigenvalue weighted by atomic mass is 32.2. The molecule has 1 fully saturated rings. The highest BCUT2D eigenvalue weighted by molar-refractivity contribution is 7.89. The molecule has 0 aliphatic carbocycles. The monoisotopic (exact) mass is 398 g/mol. The molecule has 0 atom stereocenters. The Morgan fingerprint density at radius 3 is 2.41 bits per heavy atom. The first kappa shape index (κ1) is 20.8. The van der Waals surface area contributed by atoms with Crippen LogP contribution < -0.4 is 5.32 Å². The largest absolute Gasteiger partial charge is 0.452 e. The fourth-order valence-electron chi connectivity index (χ4n) is 2.63. The Kier molecular flexibility index (Phi) is 7.31. The quantitative estimate of drug-likeness (QED) is 0.717. The number of esters is 1. The Hall–Kier alpha value is -2.46. The van der Waals surface area contributed by atoms with Crippen molar-refractivity contribution in [3.05, 3.63) is 29.8 Å². The van der Waals surface area contributed by atoms with Gasteiger partial charge in [-0.1, -0.05) is 18.6 Å². The van der Waals surface area contributed by atoms with Gasteiger partial charge in [0.25, 0.3) is 5.91 Å². The van der Waals surface area contributed by atoms with E-state index in [4.69, 9.17) is 4.74 Å². The van der Waals surface area contributed by atoms with Crippen LogP contribution in [0.25, 0.3) is 0 Å². The number of nitrogens with zero attached hydrogens (tertiary/aromatic N) is 1. The van der Waals surface area contributed by atoms with E-state index in [0.29, 0.717) is 13.1 Å². The van der Waals surface area contributed by atoms with Gasteiger partial charge in [-0.05, 0) is 31.9 Å². The zero-order valence-corrected chi connectivity index (χ0v) is 15.8.